The fraction of sp³-hybridized carbons (Fsp3) is 0.156. The molecule has 4 unspecified atom stereocenters. The van der Waals surface area contributed by atoms with E-state index >= 15 is 0 Å². The minimum absolute atomic E-state index is 0.231. The third kappa shape index (κ3) is 6.16. The summed E-state index contributed by atoms with van der Waals surface area (Å²) >= 11 is 8.50. The van der Waals surface area contributed by atoms with Gasteiger partial charge in [-0.2, -0.15) is 0 Å². The summed E-state index contributed by atoms with van der Waals surface area (Å²) < 4.78 is 26.4. The molecule has 5 aromatic rings. The molecule has 12 heteroatoms. The Balaban J connectivity index is 1.39. The quantitative estimate of drug-likeness (QED) is 0.0836. The molecule has 1 fully saturated rings. The maximum absolute atomic E-state index is 13.4. The topological polar surface area (TPSA) is 119 Å². The van der Waals surface area contributed by atoms with Gasteiger partial charge in [-0.1, -0.05) is 66.2 Å². The van der Waals surface area contributed by atoms with Gasteiger partial charge in [-0.05, 0) is 59.0 Å². The number of nitrogens with zero attached hydrogens (tertiary/aromatic N) is 3. The molecule has 3 heterocycles. The van der Waals surface area contributed by atoms with Gasteiger partial charge in [-0.3, -0.25) is 0 Å². The van der Waals surface area contributed by atoms with Crippen LogP contribution in [0.2, 0.25) is 5.15 Å². The highest BCUT2D eigenvalue weighted by Gasteiger charge is 2.52. The fourth-order valence-corrected chi connectivity index (χ4v) is 6.07. The second-order valence-electron chi connectivity index (χ2n) is 9.75. The second kappa shape index (κ2) is 13.1. The summed E-state index contributed by atoms with van der Waals surface area (Å²) in [5.74, 6) is -1.92. The second-order valence-corrected chi connectivity index (χ2v) is 11.3. The number of halogens is 2. The van der Waals surface area contributed by atoms with Crippen LogP contribution < -0.4 is 0 Å². The summed E-state index contributed by atoms with van der Waals surface area (Å²) in [6.07, 6.45) is -1.40. The SMILES string of the molecule is O=C(OCC1OC(n2cc(I)c3c(Cl)ncnc32)C(OC(=O)c2ccccc2)C1OC(=O)c1ccccc1)c1ccccc1. The number of esters is 3. The van der Waals surface area contributed by atoms with Crippen LogP contribution in [-0.2, 0) is 18.9 Å². The molecule has 4 atom stereocenters. The summed E-state index contributed by atoms with van der Waals surface area (Å²) in [7, 11) is 0. The van der Waals surface area contributed by atoms with Gasteiger partial charge < -0.3 is 23.5 Å². The molecule has 0 amide bonds. The van der Waals surface area contributed by atoms with Crippen LogP contribution in [0.3, 0.4) is 0 Å². The lowest BCUT2D eigenvalue weighted by Gasteiger charge is -2.25. The molecule has 44 heavy (non-hydrogen) atoms. The largest absolute Gasteiger partial charge is 0.459 e. The summed E-state index contributed by atoms with van der Waals surface area (Å²) in [4.78, 5) is 48.1. The van der Waals surface area contributed by atoms with Crippen LogP contribution in [0.5, 0.6) is 0 Å². The normalized spacial score (nSPS) is 19.4. The number of rotatable bonds is 8. The Hall–Kier alpha value is -4.33. The van der Waals surface area contributed by atoms with E-state index in [0.717, 1.165) is 3.57 Å². The number of benzene rings is 3. The maximum atomic E-state index is 13.4. The van der Waals surface area contributed by atoms with Gasteiger partial charge in [0.15, 0.2) is 18.4 Å². The molecule has 10 nitrogen and oxygen atoms in total. The lowest BCUT2D eigenvalue weighted by Crippen LogP contribution is -2.41. The molecule has 0 aliphatic carbocycles. The first-order chi connectivity index (χ1) is 21.4. The molecule has 2 aromatic heterocycles. The molecular formula is C32H23ClIN3O7. The van der Waals surface area contributed by atoms with Gasteiger partial charge in [-0.15, -0.1) is 0 Å². The van der Waals surface area contributed by atoms with E-state index in [1.807, 2.05) is 0 Å². The van der Waals surface area contributed by atoms with Gasteiger partial charge >= 0.3 is 17.9 Å². The lowest BCUT2D eigenvalue weighted by atomic mass is 10.1. The van der Waals surface area contributed by atoms with Gasteiger partial charge in [0.05, 0.1) is 22.1 Å². The Kier molecular flexibility index (Phi) is 8.87. The van der Waals surface area contributed by atoms with E-state index in [4.69, 9.17) is 30.5 Å². The average molecular weight is 724 g/mol. The highest BCUT2D eigenvalue weighted by molar-refractivity contribution is 14.1. The van der Waals surface area contributed by atoms with Gasteiger partial charge in [-0.25, -0.2) is 24.4 Å². The van der Waals surface area contributed by atoms with Gasteiger partial charge in [0.1, 0.15) is 29.8 Å². The number of ether oxygens (including phenoxy) is 4. The molecule has 0 radical (unpaired) electrons. The van der Waals surface area contributed by atoms with Crippen LogP contribution in [0.4, 0.5) is 0 Å². The number of carbonyl (C=O) groups excluding carboxylic acids is 3. The Bertz CT molecular complexity index is 1800. The zero-order chi connectivity index (χ0) is 30.6. The summed E-state index contributed by atoms with van der Waals surface area (Å²) in [6.45, 7) is -0.303. The molecule has 0 spiro atoms. The summed E-state index contributed by atoms with van der Waals surface area (Å²) in [5.41, 5.74) is 1.32. The van der Waals surface area contributed by atoms with Crippen LogP contribution in [0.15, 0.2) is 104 Å². The minimum Gasteiger partial charge on any atom is -0.459 e. The van der Waals surface area contributed by atoms with Crippen LogP contribution in [0.25, 0.3) is 11.0 Å². The van der Waals surface area contributed by atoms with E-state index in [9.17, 15) is 14.4 Å². The smallest absolute Gasteiger partial charge is 0.338 e. The maximum Gasteiger partial charge on any atom is 0.338 e. The number of aromatic nitrogens is 3. The van der Waals surface area contributed by atoms with Crippen molar-refractivity contribution < 1.29 is 33.3 Å². The minimum atomic E-state index is -1.18. The predicted molar refractivity (Wildman–Crippen MR) is 167 cm³/mol. The Morgan fingerprint density at radius 3 is 1.86 bits per heavy atom. The third-order valence-electron chi connectivity index (χ3n) is 6.97. The highest BCUT2D eigenvalue weighted by Crippen LogP contribution is 2.39. The van der Waals surface area contributed by atoms with Crippen LogP contribution in [0.1, 0.15) is 37.3 Å². The van der Waals surface area contributed by atoms with Crippen molar-refractivity contribution in [1.29, 1.82) is 0 Å². The van der Waals surface area contributed by atoms with Gasteiger partial charge in [0.25, 0.3) is 0 Å². The standard InChI is InChI=1S/C32H23ClIN3O7/c33-27-24-22(34)16-37(28(24)36-18-35-27)29-26(44-32(40)21-14-8-3-9-15-21)25(43-31(39)20-12-6-2-7-13-20)23(42-29)17-41-30(38)19-10-4-1-5-11-19/h1-16,18,23,25-26,29H,17H2. The van der Waals surface area contributed by atoms with Crippen molar-refractivity contribution in [3.05, 3.63) is 129 Å². The number of carbonyl (C=O) groups is 3. The summed E-state index contributed by atoms with van der Waals surface area (Å²) in [5, 5.41) is 0.803. The van der Waals surface area contributed by atoms with Crippen molar-refractivity contribution in [2.24, 2.45) is 0 Å². The van der Waals surface area contributed by atoms with Crippen LogP contribution >= 0.6 is 34.2 Å². The molecule has 222 valence electrons. The highest BCUT2D eigenvalue weighted by atomic mass is 127. The Morgan fingerprint density at radius 2 is 1.30 bits per heavy atom. The van der Waals surface area contributed by atoms with Crippen molar-refractivity contribution >= 4 is 63.1 Å². The van der Waals surface area contributed by atoms with E-state index in [1.54, 1.807) is 102 Å². The van der Waals surface area contributed by atoms with E-state index in [-0.39, 0.29) is 22.9 Å². The molecule has 0 saturated carbocycles. The van der Waals surface area contributed by atoms with Crippen LogP contribution in [-0.4, -0.2) is 57.4 Å². The first kappa shape index (κ1) is 29.7. The summed E-state index contributed by atoms with van der Waals surface area (Å²) in [6, 6.07) is 25.2. The van der Waals surface area contributed by atoms with E-state index in [1.165, 1.54) is 6.33 Å². The van der Waals surface area contributed by atoms with Crippen molar-refractivity contribution in [2.75, 3.05) is 6.61 Å². The third-order valence-corrected chi connectivity index (χ3v) is 8.07. The zero-order valence-corrected chi connectivity index (χ0v) is 25.7. The first-order valence-electron chi connectivity index (χ1n) is 13.5. The number of hydrogen-bond donors (Lipinski definition) is 0. The fourth-order valence-electron chi connectivity index (χ4n) is 4.88. The Morgan fingerprint density at radius 1 is 0.773 bits per heavy atom. The van der Waals surface area contributed by atoms with Crippen molar-refractivity contribution in [2.45, 2.75) is 24.5 Å². The van der Waals surface area contributed by atoms with Gasteiger partial charge in [0.2, 0.25) is 0 Å². The van der Waals surface area contributed by atoms with Crippen molar-refractivity contribution in [1.82, 2.24) is 14.5 Å². The lowest BCUT2D eigenvalue weighted by molar-refractivity contribution is -0.0604. The van der Waals surface area contributed by atoms with Gasteiger partial charge in [0, 0.05) is 9.77 Å². The van der Waals surface area contributed by atoms with E-state index in [2.05, 4.69) is 32.6 Å². The molecule has 1 aliphatic heterocycles. The van der Waals surface area contributed by atoms with E-state index in [0.29, 0.717) is 16.6 Å². The predicted octanol–water partition coefficient (Wildman–Crippen LogP) is 5.89. The molecule has 0 bridgehead atoms. The van der Waals surface area contributed by atoms with Crippen molar-refractivity contribution in [3.63, 3.8) is 0 Å². The number of fused-ring (bicyclic) bond motifs is 1. The molecule has 3 aromatic carbocycles. The molecule has 1 saturated heterocycles. The van der Waals surface area contributed by atoms with Crippen molar-refractivity contribution in [3.8, 4) is 0 Å². The monoisotopic (exact) mass is 723 g/mol. The average Bonchev–Trinajstić information content (AvgIpc) is 3.57. The molecular weight excluding hydrogens is 701 g/mol. The Labute approximate surface area is 270 Å². The number of hydrogen-bond acceptors (Lipinski definition) is 9. The van der Waals surface area contributed by atoms with E-state index < -0.39 is 42.4 Å². The first-order valence-corrected chi connectivity index (χ1v) is 14.9. The van der Waals surface area contributed by atoms with Crippen LogP contribution in [0, 0.1) is 3.57 Å². The molecule has 1 aliphatic rings. The molecule has 6 rings (SSSR count). The molecule has 0 N–H and O–H groups in total. The zero-order valence-electron chi connectivity index (χ0n) is 22.8.